The first-order valence-corrected chi connectivity index (χ1v) is 7.45. The zero-order chi connectivity index (χ0) is 17.3. The fourth-order valence-electron chi connectivity index (χ4n) is 2.66. The molecule has 9 heteroatoms. The van der Waals surface area contributed by atoms with E-state index in [-0.39, 0.29) is 17.2 Å². The second-order valence-corrected chi connectivity index (χ2v) is 5.53. The summed E-state index contributed by atoms with van der Waals surface area (Å²) in [7, 11) is 0. The Kier molecular flexibility index (Phi) is 4.16. The number of nitrogens with one attached hydrogen (secondary N) is 1. The Balaban J connectivity index is 1.75. The van der Waals surface area contributed by atoms with Gasteiger partial charge < -0.3 is 14.8 Å². The highest BCUT2D eigenvalue weighted by atomic mass is 19.4. The van der Waals surface area contributed by atoms with Gasteiger partial charge >= 0.3 is 6.18 Å². The van der Waals surface area contributed by atoms with Gasteiger partial charge in [-0.25, -0.2) is 9.97 Å². The van der Waals surface area contributed by atoms with Gasteiger partial charge in [-0.15, -0.1) is 0 Å². The number of pyridine rings is 1. The molecule has 2 aromatic heterocycles. The molecule has 1 fully saturated rings. The van der Waals surface area contributed by atoms with Crippen molar-refractivity contribution in [3.05, 3.63) is 46.1 Å². The van der Waals surface area contributed by atoms with E-state index in [1.165, 1.54) is 13.0 Å². The predicted molar refractivity (Wildman–Crippen MR) is 83.3 cm³/mol. The van der Waals surface area contributed by atoms with Crippen LogP contribution in [0.2, 0.25) is 0 Å². The van der Waals surface area contributed by atoms with Gasteiger partial charge in [-0.05, 0) is 13.0 Å². The summed E-state index contributed by atoms with van der Waals surface area (Å²) in [4.78, 5) is 25.5. The first-order chi connectivity index (χ1) is 11.3. The normalized spacial score (nSPS) is 15.7. The second-order valence-electron chi connectivity index (χ2n) is 5.53. The number of anilines is 2. The molecule has 128 valence electrons. The molecule has 1 aliphatic heterocycles. The summed E-state index contributed by atoms with van der Waals surface area (Å²) in [6.45, 7) is 3.60. The SMILES string of the molecule is Cc1nc(N2CCN(c3cccc(=O)[nH]3)CC2)cc(C(F)(F)F)n1. The third-order valence-corrected chi connectivity index (χ3v) is 3.81. The lowest BCUT2D eigenvalue weighted by atomic mass is 10.2. The number of aromatic nitrogens is 3. The number of rotatable bonds is 2. The zero-order valence-corrected chi connectivity index (χ0v) is 13.0. The highest BCUT2D eigenvalue weighted by Crippen LogP contribution is 2.30. The van der Waals surface area contributed by atoms with Crippen molar-refractivity contribution in [2.75, 3.05) is 36.0 Å². The van der Waals surface area contributed by atoms with Crippen LogP contribution in [-0.2, 0) is 6.18 Å². The van der Waals surface area contributed by atoms with Crippen molar-refractivity contribution in [2.45, 2.75) is 13.1 Å². The average Bonchev–Trinajstić information content (AvgIpc) is 2.54. The minimum atomic E-state index is -4.49. The largest absolute Gasteiger partial charge is 0.433 e. The Morgan fingerprint density at radius 1 is 1.08 bits per heavy atom. The van der Waals surface area contributed by atoms with Crippen LogP contribution in [0.4, 0.5) is 24.8 Å². The van der Waals surface area contributed by atoms with Gasteiger partial charge in [0.05, 0.1) is 0 Å². The fraction of sp³-hybridized carbons (Fsp3) is 0.400. The number of nitrogens with zero attached hydrogens (tertiary/aromatic N) is 4. The molecule has 24 heavy (non-hydrogen) atoms. The van der Waals surface area contributed by atoms with E-state index in [2.05, 4.69) is 15.0 Å². The Morgan fingerprint density at radius 3 is 2.38 bits per heavy atom. The van der Waals surface area contributed by atoms with Crippen molar-refractivity contribution < 1.29 is 13.2 Å². The molecule has 1 saturated heterocycles. The molecule has 0 aliphatic carbocycles. The number of halogens is 3. The van der Waals surface area contributed by atoms with Crippen molar-refractivity contribution in [3.8, 4) is 0 Å². The maximum Gasteiger partial charge on any atom is 0.433 e. The van der Waals surface area contributed by atoms with E-state index in [1.54, 1.807) is 17.0 Å². The third kappa shape index (κ3) is 3.50. The van der Waals surface area contributed by atoms with Crippen LogP contribution in [0, 0.1) is 6.92 Å². The number of alkyl halides is 3. The summed E-state index contributed by atoms with van der Waals surface area (Å²) < 4.78 is 38.7. The number of hydrogen-bond donors (Lipinski definition) is 1. The molecule has 1 N–H and O–H groups in total. The summed E-state index contributed by atoms with van der Waals surface area (Å²) in [5, 5.41) is 0. The van der Waals surface area contributed by atoms with Crippen LogP contribution < -0.4 is 15.4 Å². The smallest absolute Gasteiger partial charge is 0.355 e. The summed E-state index contributed by atoms with van der Waals surface area (Å²) >= 11 is 0. The van der Waals surface area contributed by atoms with Crippen molar-refractivity contribution in [1.82, 2.24) is 15.0 Å². The van der Waals surface area contributed by atoms with Gasteiger partial charge in [-0.3, -0.25) is 4.79 Å². The highest BCUT2D eigenvalue weighted by Gasteiger charge is 2.34. The van der Waals surface area contributed by atoms with Crippen molar-refractivity contribution in [3.63, 3.8) is 0 Å². The molecule has 0 aromatic carbocycles. The van der Waals surface area contributed by atoms with E-state index in [0.717, 1.165) is 6.07 Å². The zero-order valence-electron chi connectivity index (χ0n) is 13.0. The van der Waals surface area contributed by atoms with Crippen LogP contribution in [0.5, 0.6) is 0 Å². The van der Waals surface area contributed by atoms with Crippen LogP contribution in [0.1, 0.15) is 11.5 Å². The van der Waals surface area contributed by atoms with Crippen LogP contribution in [0.15, 0.2) is 29.1 Å². The summed E-state index contributed by atoms with van der Waals surface area (Å²) in [6, 6.07) is 5.88. The third-order valence-electron chi connectivity index (χ3n) is 3.81. The maximum absolute atomic E-state index is 12.9. The van der Waals surface area contributed by atoms with E-state index in [4.69, 9.17) is 0 Å². The van der Waals surface area contributed by atoms with Crippen LogP contribution in [-0.4, -0.2) is 41.1 Å². The molecule has 2 aromatic rings. The van der Waals surface area contributed by atoms with Crippen LogP contribution in [0.25, 0.3) is 0 Å². The van der Waals surface area contributed by atoms with Gasteiger partial charge in [-0.1, -0.05) is 6.07 Å². The van der Waals surface area contributed by atoms with E-state index in [9.17, 15) is 18.0 Å². The molecule has 0 radical (unpaired) electrons. The molecule has 0 spiro atoms. The first-order valence-electron chi connectivity index (χ1n) is 7.45. The molecule has 0 saturated carbocycles. The van der Waals surface area contributed by atoms with Gasteiger partial charge in [0.2, 0.25) is 5.56 Å². The molecule has 0 atom stereocenters. The Bertz CT molecular complexity index is 781. The lowest BCUT2D eigenvalue weighted by Gasteiger charge is -2.36. The topological polar surface area (TPSA) is 65.1 Å². The van der Waals surface area contributed by atoms with Gasteiger partial charge in [0.15, 0.2) is 0 Å². The summed E-state index contributed by atoms with van der Waals surface area (Å²) in [6.07, 6.45) is -4.49. The van der Waals surface area contributed by atoms with Gasteiger partial charge in [-0.2, -0.15) is 13.2 Å². The molecule has 0 bridgehead atoms. The number of H-pyrrole nitrogens is 1. The Hall–Kier alpha value is -2.58. The van der Waals surface area contributed by atoms with Crippen LogP contribution >= 0.6 is 0 Å². The molecule has 6 nitrogen and oxygen atoms in total. The lowest BCUT2D eigenvalue weighted by Crippen LogP contribution is -2.47. The summed E-state index contributed by atoms with van der Waals surface area (Å²) in [5.74, 6) is 1.07. The minimum Gasteiger partial charge on any atom is -0.355 e. The van der Waals surface area contributed by atoms with E-state index in [1.807, 2.05) is 4.90 Å². The van der Waals surface area contributed by atoms with E-state index < -0.39 is 11.9 Å². The summed E-state index contributed by atoms with van der Waals surface area (Å²) in [5.41, 5.74) is -1.11. The van der Waals surface area contributed by atoms with E-state index >= 15 is 0 Å². The average molecular weight is 339 g/mol. The Labute approximate surface area is 136 Å². The van der Waals surface area contributed by atoms with E-state index in [0.29, 0.717) is 32.0 Å². The van der Waals surface area contributed by atoms with Crippen LogP contribution in [0.3, 0.4) is 0 Å². The number of aryl methyl sites for hydroxylation is 1. The molecule has 3 rings (SSSR count). The maximum atomic E-state index is 12.9. The molecule has 0 unspecified atom stereocenters. The minimum absolute atomic E-state index is 0.0923. The standard InChI is InChI=1S/C15H16F3N5O/c1-10-19-11(15(16,17)18)9-13(20-10)23-7-5-22(6-8-23)12-3-2-4-14(24)21-12/h2-4,9H,5-8H2,1H3,(H,21,24). The van der Waals surface area contributed by atoms with Crippen molar-refractivity contribution in [1.29, 1.82) is 0 Å². The number of aromatic amines is 1. The monoisotopic (exact) mass is 339 g/mol. The van der Waals surface area contributed by atoms with Gasteiger partial charge in [0.25, 0.3) is 0 Å². The molecule has 0 amide bonds. The van der Waals surface area contributed by atoms with Crippen molar-refractivity contribution >= 4 is 11.6 Å². The molecular formula is C15H16F3N5O. The first kappa shape index (κ1) is 16.3. The molecular weight excluding hydrogens is 323 g/mol. The predicted octanol–water partition coefficient (Wildman–Crippen LogP) is 1.82. The Morgan fingerprint density at radius 2 is 1.75 bits per heavy atom. The molecule has 1 aliphatic rings. The van der Waals surface area contributed by atoms with Gasteiger partial charge in [0, 0.05) is 38.3 Å². The van der Waals surface area contributed by atoms with Crippen molar-refractivity contribution in [2.24, 2.45) is 0 Å². The second kappa shape index (κ2) is 6.14. The molecule has 3 heterocycles. The number of hydrogen-bond acceptors (Lipinski definition) is 5. The fourth-order valence-corrected chi connectivity index (χ4v) is 2.66. The lowest BCUT2D eigenvalue weighted by molar-refractivity contribution is -0.141. The number of piperazine rings is 1. The quantitative estimate of drug-likeness (QED) is 0.904. The highest BCUT2D eigenvalue weighted by molar-refractivity contribution is 5.45. The van der Waals surface area contributed by atoms with Gasteiger partial charge in [0.1, 0.15) is 23.2 Å².